The zero-order chi connectivity index (χ0) is 13.3. The van der Waals surface area contributed by atoms with Gasteiger partial charge in [-0.25, -0.2) is 0 Å². The lowest BCUT2D eigenvalue weighted by atomic mass is 9.82. The Hall–Kier alpha value is -0.930. The van der Waals surface area contributed by atoms with Crippen LogP contribution in [0.3, 0.4) is 0 Å². The second kappa shape index (κ2) is 4.98. The van der Waals surface area contributed by atoms with Crippen molar-refractivity contribution in [3.63, 3.8) is 0 Å². The van der Waals surface area contributed by atoms with Crippen LogP contribution >= 0.6 is 27.3 Å². The Morgan fingerprint density at radius 1 is 1.11 bits per heavy atom. The van der Waals surface area contributed by atoms with Gasteiger partial charge in [0.2, 0.25) is 5.78 Å². The normalized spacial score (nSPS) is 11.6. The molecule has 3 heteroatoms. The maximum absolute atomic E-state index is 12.5. The zero-order valence-corrected chi connectivity index (χ0v) is 13.1. The number of hydrogen-bond donors (Lipinski definition) is 0. The van der Waals surface area contributed by atoms with E-state index in [4.69, 9.17) is 0 Å². The second-order valence-corrected chi connectivity index (χ2v) is 7.69. The fourth-order valence-electron chi connectivity index (χ4n) is 1.90. The summed E-state index contributed by atoms with van der Waals surface area (Å²) in [5, 5.41) is 0. The maximum Gasteiger partial charge on any atom is 0.203 e. The molecule has 18 heavy (non-hydrogen) atoms. The molecule has 0 amide bonds. The second-order valence-electron chi connectivity index (χ2n) is 5.23. The highest BCUT2D eigenvalue weighted by Gasteiger charge is 2.22. The van der Waals surface area contributed by atoms with Gasteiger partial charge in [-0.15, -0.1) is 11.3 Å². The Bertz CT molecular complexity index is 578. The molecule has 2 rings (SSSR count). The van der Waals surface area contributed by atoms with Crippen molar-refractivity contribution < 1.29 is 4.79 Å². The molecule has 1 heterocycles. The first-order valence-electron chi connectivity index (χ1n) is 5.79. The van der Waals surface area contributed by atoms with Crippen molar-refractivity contribution in [3.05, 3.63) is 56.2 Å². The third-order valence-corrected chi connectivity index (χ3v) is 4.40. The highest BCUT2D eigenvalue weighted by molar-refractivity contribution is 9.11. The molecule has 2 aromatic rings. The average molecular weight is 323 g/mol. The van der Waals surface area contributed by atoms with E-state index in [2.05, 4.69) is 36.7 Å². The van der Waals surface area contributed by atoms with Crippen molar-refractivity contribution in [1.29, 1.82) is 0 Å². The van der Waals surface area contributed by atoms with E-state index in [0.717, 1.165) is 19.8 Å². The molecule has 0 saturated carbocycles. The van der Waals surface area contributed by atoms with Gasteiger partial charge in [0.25, 0.3) is 0 Å². The highest BCUT2D eigenvalue weighted by Crippen LogP contribution is 2.30. The molecule has 0 radical (unpaired) electrons. The predicted molar refractivity (Wildman–Crippen MR) is 80.6 cm³/mol. The fourth-order valence-corrected chi connectivity index (χ4v) is 3.24. The van der Waals surface area contributed by atoms with E-state index in [-0.39, 0.29) is 11.2 Å². The summed E-state index contributed by atoms with van der Waals surface area (Å²) in [6, 6.07) is 11.6. The van der Waals surface area contributed by atoms with Gasteiger partial charge in [-0.3, -0.25) is 4.79 Å². The van der Waals surface area contributed by atoms with Gasteiger partial charge in [0.15, 0.2) is 0 Å². The van der Waals surface area contributed by atoms with Crippen LogP contribution in [0.25, 0.3) is 0 Å². The van der Waals surface area contributed by atoms with E-state index in [9.17, 15) is 4.79 Å². The first kappa shape index (κ1) is 13.5. The van der Waals surface area contributed by atoms with Gasteiger partial charge in [0, 0.05) is 5.56 Å². The van der Waals surface area contributed by atoms with E-state index in [1.807, 2.05) is 36.4 Å². The number of benzene rings is 1. The topological polar surface area (TPSA) is 17.1 Å². The van der Waals surface area contributed by atoms with Crippen molar-refractivity contribution in [3.8, 4) is 0 Å². The summed E-state index contributed by atoms with van der Waals surface area (Å²) in [7, 11) is 0. The molecule has 1 aromatic heterocycles. The van der Waals surface area contributed by atoms with Gasteiger partial charge >= 0.3 is 0 Å². The summed E-state index contributed by atoms with van der Waals surface area (Å²) in [4.78, 5) is 13.3. The first-order valence-corrected chi connectivity index (χ1v) is 7.40. The summed E-state index contributed by atoms with van der Waals surface area (Å²) in [6.45, 7) is 6.39. The smallest absolute Gasteiger partial charge is 0.203 e. The first-order chi connectivity index (χ1) is 8.39. The minimum Gasteiger partial charge on any atom is -0.288 e. The Morgan fingerprint density at radius 3 is 2.33 bits per heavy atom. The van der Waals surface area contributed by atoms with Gasteiger partial charge in [-0.2, -0.15) is 0 Å². The molecular formula is C15H15BrOS. The van der Waals surface area contributed by atoms with Crippen molar-refractivity contribution in [2.75, 3.05) is 0 Å². The van der Waals surface area contributed by atoms with Crippen molar-refractivity contribution in [1.82, 2.24) is 0 Å². The summed E-state index contributed by atoms with van der Waals surface area (Å²) in [5.74, 6) is 0.108. The van der Waals surface area contributed by atoms with Crippen LogP contribution in [-0.4, -0.2) is 5.78 Å². The molecule has 0 aliphatic rings. The standard InChI is InChI=1S/C15H15BrOS/c1-15(2,3)11-7-5-4-6-10(11)14(17)12-8-9-13(16)18-12/h4-9H,1-3H3. The van der Waals surface area contributed by atoms with Crippen LogP contribution in [0.2, 0.25) is 0 Å². The van der Waals surface area contributed by atoms with Crippen LogP contribution in [0, 0.1) is 0 Å². The molecule has 1 aromatic carbocycles. The fraction of sp³-hybridized carbons (Fsp3) is 0.267. The Kier molecular flexibility index (Phi) is 3.74. The molecule has 0 aliphatic heterocycles. The lowest BCUT2D eigenvalue weighted by Gasteiger charge is -2.21. The van der Waals surface area contributed by atoms with Crippen LogP contribution in [0.1, 0.15) is 41.6 Å². The number of thiophene rings is 1. The van der Waals surface area contributed by atoms with Crippen molar-refractivity contribution >= 4 is 33.0 Å². The number of carbonyl (C=O) groups is 1. The molecule has 0 atom stereocenters. The van der Waals surface area contributed by atoms with Crippen LogP contribution in [0.5, 0.6) is 0 Å². The average Bonchev–Trinajstić information content (AvgIpc) is 2.74. The molecule has 0 fully saturated rings. The van der Waals surface area contributed by atoms with E-state index >= 15 is 0 Å². The molecule has 0 saturated heterocycles. The zero-order valence-electron chi connectivity index (χ0n) is 10.7. The largest absolute Gasteiger partial charge is 0.288 e. The molecule has 0 unspecified atom stereocenters. The number of rotatable bonds is 2. The lowest BCUT2D eigenvalue weighted by Crippen LogP contribution is -2.16. The van der Waals surface area contributed by atoms with E-state index in [1.165, 1.54) is 11.3 Å². The van der Waals surface area contributed by atoms with Crippen LogP contribution < -0.4 is 0 Å². The highest BCUT2D eigenvalue weighted by atomic mass is 79.9. The number of ketones is 1. The number of carbonyl (C=O) groups excluding carboxylic acids is 1. The molecule has 1 nitrogen and oxygen atoms in total. The molecule has 0 bridgehead atoms. The molecule has 0 spiro atoms. The number of halogens is 1. The van der Waals surface area contributed by atoms with E-state index in [0.29, 0.717) is 0 Å². The van der Waals surface area contributed by atoms with Crippen LogP contribution in [0.15, 0.2) is 40.2 Å². The summed E-state index contributed by atoms with van der Waals surface area (Å²) >= 11 is 4.87. The van der Waals surface area contributed by atoms with E-state index in [1.54, 1.807) is 0 Å². The Labute approximate surface area is 120 Å². The minimum atomic E-state index is -0.0270. The van der Waals surface area contributed by atoms with Crippen LogP contribution in [-0.2, 0) is 5.41 Å². The third-order valence-electron chi connectivity index (χ3n) is 2.78. The van der Waals surface area contributed by atoms with Gasteiger partial charge in [0.05, 0.1) is 8.66 Å². The summed E-state index contributed by atoms with van der Waals surface area (Å²) in [5.41, 5.74) is 1.87. The predicted octanol–water partition coefficient (Wildman–Crippen LogP) is 5.04. The Morgan fingerprint density at radius 2 is 1.78 bits per heavy atom. The quantitative estimate of drug-likeness (QED) is 0.708. The van der Waals surface area contributed by atoms with Gasteiger partial charge in [-0.05, 0) is 39.0 Å². The maximum atomic E-state index is 12.5. The van der Waals surface area contributed by atoms with Crippen molar-refractivity contribution in [2.45, 2.75) is 26.2 Å². The summed E-state index contributed by atoms with van der Waals surface area (Å²) in [6.07, 6.45) is 0. The van der Waals surface area contributed by atoms with Crippen LogP contribution in [0.4, 0.5) is 0 Å². The number of hydrogen-bond acceptors (Lipinski definition) is 2. The van der Waals surface area contributed by atoms with E-state index < -0.39 is 0 Å². The lowest BCUT2D eigenvalue weighted by molar-refractivity contribution is 0.104. The van der Waals surface area contributed by atoms with Crippen molar-refractivity contribution in [2.24, 2.45) is 0 Å². The third kappa shape index (κ3) is 2.73. The Balaban J connectivity index is 2.49. The molecule has 0 N–H and O–H groups in total. The van der Waals surface area contributed by atoms with Gasteiger partial charge in [0.1, 0.15) is 0 Å². The SMILES string of the molecule is CC(C)(C)c1ccccc1C(=O)c1ccc(Br)s1. The monoisotopic (exact) mass is 322 g/mol. The molecule has 0 aliphatic carbocycles. The summed E-state index contributed by atoms with van der Waals surface area (Å²) < 4.78 is 0.985. The molecular weight excluding hydrogens is 308 g/mol. The minimum absolute atomic E-state index is 0.0270. The molecule has 94 valence electrons. The van der Waals surface area contributed by atoms with Gasteiger partial charge in [-0.1, -0.05) is 45.0 Å². The van der Waals surface area contributed by atoms with Gasteiger partial charge < -0.3 is 0 Å².